The molecule has 0 saturated carbocycles. The van der Waals surface area contributed by atoms with Crippen LogP contribution in [0.5, 0.6) is 0 Å². The molecule has 0 aliphatic rings. The first-order valence-corrected chi connectivity index (χ1v) is 13.0. The molecule has 1 amide bonds. The van der Waals surface area contributed by atoms with E-state index in [1.165, 1.54) is 18.2 Å². The molecule has 3 aromatic rings. The smallest absolute Gasteiger partial charge is 0.351 e. The highest BCUT2D eigenvalue weighted by Gasteiger charge is 2.32. The molecule has 1 aromatic heterocycles. The zero-order valence-corrected chi connectivity index (χ0v) is 21.5. The molecule has 7 nitrogen and oxygen atoms in total. The maximum atomic E-state index is 13.2. The number of carbonyl (C=O) groups excluding carboxylic acids is 1. The van der Waals surface area contributed by atoms with Gasteiger partial charge in [0.25, 0.3) is 0 Å². The summed E-state index contributed by atoms with van der Waals surface area (Å²) in [5, 5.41) is 11.8. The van der Waals surface area contributed by atoms with E-state index in [4.69, 9.17) is 11.6 Å². The third-order valence-electron chi connectivity index (χ3n) is 5.71. The van der Waals surface area contributed by atoms with E-state index in [0.717, 1.165) is 12.1 Å². The van der Waals surface area contributed by atoms with E-state index in [1.807, 2.05) is 6.07 Å². The van der Waals surface area contributed by atoms with Crippen LogP contribution in [0.25, 0.3) is 0 Å². The number of halogens is 4. The van der Waals surface area contributed by atoms with E-state index in [1.54, 1.807) is 48.9 Å². The summed E-state index contributed by atoms with van der Waals surface area (Å²) >= 11 is 6.14. The molecule has 0 bridgehead atoms. The van der Waals surface area contributed by atoms with E-state index in [9.17, 15) is 31.6 Å². The van der Waals surface area contributed by atoms with Gasteiger partial charge < -0.3 is 9.88 Å². The minimum absolute atomic E-state index is 0.0270. The molecular weight excluding hydrogens is 529 g/mol. The second kappa shape index (κ2) is 11.4. The molecule has 2 aromatic carbocycles. The van der Waals surface area contributed by atoms with Gasteiger partial charge in [0.05, 0.1) is 10.6 Å². The van der Waals surface area contributed by atoms with Crippen LogP contribution in [0, 0.1) is 18.3 Å². The lowest BCUT2D eigenvalue weighted by atomic mass is 10.1. The van der Waals surface area contributed by atoms with Crippen LogP contribution in [0.15, 0.2) is 65.7 Å². The van der Waals surface area contributed by atoms with Gasteiger partial charge in [-0.3, -0.25) is 4.79 Å². The van der Waals surface area contributed by atoms with E-state index >= 15 is 0 Å². The van der Waals surface area contributed by atoms with Gasteiger partial charge in [0, 0.05) is 18.8 Å². The van der Waals surface area contributed by atoms with Gasteiger partial charge in [-0.15, -0.1) is 0 Å². The molecule has 2 atom stereocenters. The standard InChI is InChI=1S/C25H24ClF3N4O3S/c1-16-6-3-10-21(26)23(16)37(35,36)32-22(12-17(2)33-11-5-9-20(33)14-30)24(34)31-15-18-7-4-8-19(13-18)25(27,28)29/h3-11,13,17,22,32H,12,15H2,1-2H3,(H,31,34). The number of hydrogen-bond donors (Lipinski definition) is 2. The maximum absolute atomic E-state index is 13.2. The summed E-state index contributed by atoms with van der Waals surface area (Å²) in [6.45, 7) is 3.02. The van der Waals surface area contributed by atoms with Crippen LogP contribution < -0.4 is 10.0 Å². The Morgan fingerprint density at radius 2 is 1.86 bits per heavy atom. The summed E-state index contributed by atoms with van der Waals surface area (Å²) in [6, 6.07) is 12.5. The van der Waals surface area contributed by atoms with Gasteiger partial charge in [-0.25, -0.2) is 8.42 Å². The predicted octanol–water partition coefficient (Wildman–Crippen LogP) is 4.96. The lowest BCUT2D eigenvalue weighted by molar-refractivity contribution is -0.137. The van der Waals surface area contributed by atoms with Crippen molar-refractivity contribution in [1.29, 1.82) is 5.26 Å². The van der Waals surface area contributed by atoms with Crippen molar-refractivity contribution in [2.45, 2.75) is 50.0 Å². The number of nitriles is 1. The number of nitrogens with one attached hydrogen (secondary N) is 2. The Hall–Kier alpha value is -3.33. The molecule has 37 heavy (non-hydrogen) atoms. The third kappa shape index (κ3) is 6.91. The molecular formula is C25H24ClF3N4O3S. The van der Waals surface area contributed by atoms with Crippen LogP contribution in [-0.2, 0) is 27.5 Å². The zero-order valence-electron chi connectivity index (χ0n) is 19.9. The maximum Gasteiger partial charge on any atom is 0.416 e. The van der Waals surface area contributed by atoms with Crippen molar-refractivity contribution in [1.82, 2.24) is 14.6 Å². The van der Waals surface area contributed by atoms with Crippen molar-refractivity contribution in [2.24, 2.45) is 0 Å². The van der Waals surface area contributed by atoms with Gasteiger partial charge in [0.2, 0.25) is 15.9 Å². The van der Waals surface area contributed by atoms with Crippen molar-refractivity contribution in [2.75, 3.05) is 0 Å². The number of rotatable bonds is 9. The van der Waals surface area contributed by atoms with Crippen LogP contribution in [-0.4, -0.2) is 24.9 Å². The first kappa shape index (κ1) is 28.2. The second-order valence-electron chi connectivity index (χ2n) is 8.47. The van der Waals surface area contributed by atoms with Gasteiger partial charge in [-0.2, -0.15) is 23.2 Å². The summed E-state index contributed by atoms with van der Waals surface area (Å²) in [5.41, 5.74) is 0.0155. The van der Waals surface area contributed by atoms with Crippen molar-refractivity contribution >= 4 is 27.5 Å². The van der Waals surface area contributed by atoms with E-state index < -0.39 is 39.8 Å². The van der Waals surface area contributed by atoms with Gasteiger partial charge in [-0.1, -0.05) is 35.9 Å². The summed E-state index contributed by atoms with van der Waals surface area (Å²) in [5.74, 6) is -0.747. The Bertz CT molecular complexity index is 1410. The number of aryl methyl sites for hydroxylation is 1. The predicted molar refractivity (Wildman–Crippen MR) is 132 cm³/mol. The third-order valence-corrected chi connectivity index (χ3v) is 7.81. The van der Waals surface area contributed by atoms with Gasteiger partial charge >= 0.3 is 6.18 Å². The summed E-state index contributed by atoms with van der Waals surface area (Å²) in [4.78, 5) is 13.0. The number of amides is 1. The Kier molecular flexibility index (Phi) is 8.68. The zero-order chi connectivity index (χ0) is 27.4. The molecule has 1 heterocycles. The number of hydrogen-bond acceptors (Lipinski definition) is 4. The highest BCUT2D eigenvalue weighted by molar-refractivity contribution is 7.89. The number of aromatic nitrogens is 1. The second-order valence-corrected chi connectivity index (χ2v) is 10.5. The number of carbonyl (C=O) groups is 1. The topological polar surface area (TPSA) is 104 Å². The highest BCUT2D eigenvalue weighted by atomic mass is 35.5. The Labute approximate surface area is 217 Å². The molecule has 2 unspecified atom stereocenters. The molecule has 2 N–H and O–H groups in total. The Morgan fingerprint density at radius 3 is 2.51 bits per heavy atom. The molecule has 196 valence electrons. The molecule has 0 spiro atoms. The first-order chi connectivity index (χ1) is 17.3. The minimum Gasteiger partial charge on any atom is -0.351 e. The average Bonchev–Trinajstić information content (AvgIpc) is 3.30. The lowest BCUT2D eigenvalue weighted by Gasteiger charge is -2.24. The van der Waals surface area contributed by atoms with Crippen LogP contribution in [0.4, 0.5) is 13.2 Å². The number of sulfonamides is 1. The van der Waals surface area contributed by atoms with Gasteiger partial charge in [0.1, 0.15) is 22.7 Å². The fourth-order valence-corrected chi connectivity index (χ4v) is 5.95. The minimum atomic E-state index is -4.55. The first-order valence-electron chi connectivity index (χ1n) is 11.1. The number of alkyl halides is 3. The highest BCUT2D eigenvalue weighted by Crippen LogP contribution is 2.30. The number of nitrogens with zero attached hydrogens (tertiary/aromatic N) is 2. The van der Waals surface area contributed by atoms with Gasteiger partial charge in [-0.05, 0) is 61.7 Å². The summed E-state index contributed by atoms with van der Waals surface area (Å²) in [6.07, 6.45) is -2.97. The van der Waals surface area contributed by atoms with E-state index in [-0.39, 0.29) is 28.4 Å². The van der Waals surface area contributed by atoms with Crippen LogP contribution in [0.3, 0.4) is 0 Å². The SMILES string of the molecule is Cc1cccc(Cl)c1S(=O)(=O)NC(CC(C)n1cccc1C#N)C(=O)NCc1cccc(C(F)(F)F)c1. The Balaban J connectivity index is 1.88. The molecule has 3 rings (SSSR count). The molecule has 0 aliphatic heterocycles. The largest absolute Gasteiger partial charge is 0.416 e. The normalized spacial score (nSPS) is 13.5. The van der Waals surface area contributed by atoms with Crippen LogP contribution in [0.2, 0.25) is 5.02 Å². The van der Waals surface area contributed by atoms with E-state index in [0.29, 0.717) is 11.3 Å². The average molecular weight is 553 g/mol. The van der Waals surface area contributed by atoms with Crippen LogP contribution >= 0.6 is 11.6 Å². The molecule has 12 heteroatoms. The molecule has 0 saturated heterocycles. The molecule has 0 aliphatic carbocycles. The van der Waals surface area contributed by atoms with Gasteiger partial charge in [0.15, 0.2) is 0 Å². The van der Waals surface area contributed by atoms with Crippen molar-refractivity contribution in [3.63, 3.8) is 0 Å². The molecule has 0 radical (unpaired) electrons. The fraction of sp³-hybridized carbons (Fsp3) is 0.280. The fourth-order valence-electron chi connectivity index (χ4n) is 3.91. The monoisotopic (exact) mass is 552 g/mol. The van der Waals surface area contributed by atoms with E-state index in [2.05, 4.69) is 10.0 Å². The van der Waals surface area contributed by atoms with Crippen molar-refractivity contribution < 1.29 is 26.4 Å². The summed E-state index contributed by atoms with van der Waals surface area (Å²) in [7, 11) is -4.27. The lowest BCUT2D eigenvalue weighted by Crippen LogP contribution is -2.47. The summed E-state index contributed by atoms with van der Waals surface area (Å²) < 4.78 is 69.6. The van der Waals surface area contributed by atoms with Crippen molar-refractivity contribution in [3.05, 3.63) is 88.2 Å². The molecule has 0 fully saturated rings. The Morgan fingerprint density at radius 1 is 1.16 bits per heavy atom. The number of benzene rings is 2. The van der Waals surface area contributed by atoms with Crippen molar-refractivity contribution in [3.8, 4) is 6.07 Å². The van der Waals surface area contributed by atoms with Crippen LogP contribution in [0.1, 0.15) is 41.8 Å². The quantitative estimate of drug-likeness (QED) is 0.392.